The maximum Gasteiger partial charge on any atom is 0.228 e. The van der Waals surface area contributed by atoms with Crippen molar-refractivity contribution >= 4 is 39.1 Å². The van der Waals surface area contributed by atoms with Crippen LogP contribution >= 0.6 is 22.9 Å². The Balaban J connectivity index is 1.91. The number of nitrogens with zero attached hydrogens (tertiary/aromatic N) is 3. The summed E-state index contributed by atoms with van der Waals surface area (Å²) in [6, 6.07) is 12.2. The zero-order chi connectivity index (χ0) is 13.2. The van der Waals surface area contributed by atoms with Gasteiger partial charge in [0.15, 0.2) is 0 Å². The Morgan fingerprint density at radius 3 is 2.74 bits per heavy atom. The minimum atomic E-state index is 0.515. The fraction of sp³-hybridized carbons (Fsp3) is 0.143. The van der Waals surface area contributed by atoms with Crippen molar-refractivity contribution in [1.82, 2.24) is 9.97 Å². The Morgan fingerprint density at radius 2 is 1.95 bits per heavy atom. The molecule has 2 aromatic heterocycles. The molecule has 0 N–H and O–H groups in total. The van der Waals surface area contributed by atoms with Crippen molar-refractivity contribution in [3.8, 4) is 0 Å². The Morgan fingerprint density at radius 1 is 1.16 bits per heavy atom. The molecule has 0 spiro atoms. The first-order valence-electron chi connectivity index (χ1n) is 5.90. The van der Waals surface area contributed by atoms with E-state index in [0.717, 1.165) is 16.8 Å². The molecular weight excluding hydrogens is 278 g/mol. The number of anilines is 1. The molecule has 0 aliphatic rings. The van der Waals surface area contributed by atoms with Gasteiger partial charge >= 0.3 is 0 Å². The van der Waals surface area contributed by atoms with E-state index in [1.54, 1.807) is 11.3 Å². The average Bonchev–Trinajstić information content (AvgIpc) is 2.88. The molecule has 0 atom stereocenters. The fourth-order valence-electron chi connectivity index (χ4n) is 1.91. The van der Waals surface area contributed by atoms with Crippen molar-refractivity contribution in [3.63, 3.8) is 0 Å². The number of hydrogen-bond donors (Lipinski definition) is 0. The molecule has 19 heavy (non-hydrogen) atoms. The first kappa shape index (κ1) is 12.4. The van der Waals surface area contributed by atoms with Gasteiger partial charge in [-0.05, 0) is 17.0 Å². The smallest absolute Gasteiger partial charge is 0.228 e. The van der Waals surface area contributed by atoms with E-state index in [1.807, 2.05) is 41.6 Å². The summed E-state index contributed by atoms with van der Waals surface area (Å²) in [6.45, 7) is 0.758. The SMILES string of the molecule is CN(Cc1ccccc1)c1nc(Cl)c2ccsc2n1. The maximum atomic E-state index is 6.18. The van der Waals surface area contributed by atoms with E-state index in [-0.39, 0.29) is 0 Å². The third-order valence-corrected chi connectivity index (χ3v) is 3.97. The van der Waals surface area contributed by atoms with E-state index in [9.17, 15) is 0 Å². The Labute approximate surface area is 120 Å². The van der Waals surface area contributed by atoms with Crippen molar-refractivity contribution in [2.45, 2.75) is 6.54 Å². The van der Waals surface area contributed by atoms with Crippen LogP contribution in [0.15, 0.2) is 41.8 Å². The molecule has 0 saturated carbocycles. The second-order valence-electron chi connectivity index (χ2n) is 4.30. The molecule has 1 aromatic carbocycles. The van der Waals surface area contributed by atoms with Crippen LogP contribution < -0.4 is 4.90 Å². The Bertz CT molecular complexity index is 696. The molecule has 0 aliphatic carbocycles. The number of halogens is 1. The standard InChI is InChI=1S/C14H12ClN3S/c1-18(9-10-5-3-2-4-6-10)14-16-12(15)11-7-8-19-13(11)17-14/h2-8H,9H2,1H3. The zero-order valence-corrected chi connectivity index (χ0v) is 11.9. The van der Waals surface area contributed by atoms with Crippen LogP contribution in [0.4, 0.5) is 5.95 Å². The van der Waals surface area contributed by atoms with Gasteiger partial charge in [-0.2, -0.15) is 0 Å². The van der Waals surface area contributed by atoms with Crippen LogP contribution in [-0.4, -0.2) is 17.0 Å². The highest BCUT2D eigenvalue weighted by atomic mass is 35.5. The Hall–Kier alpha value is -1.65. The van der Waals surface area contributed by atoms with Gasteiger partial charge in [-0.15, -0.1) is 11.3 Å². The summed E-state index contributed by atoms with van der Waals surface area (Å²) in [5.41, 5.74) is 1.22. The largest absolute Gasteiger partial charge is 0.339 e. The molecule has 0 saturated heterocycles. The van der Waals surface area contributed by atoms with Gasteiger partial charge in [-0.25, -0.2) is 9.97 Å². The monoisotopic (exact) mass is 289 g/mol. The van der Waals surface area contributed by atoms with Crippen molar-refractivity contribution < 1.29 is 0 Å². The third-order valence-electron chi connectivity index (χ3n) is 2.87. The van der Waals surface area contributed by atoms with Gasteiger partial charge in [0, 0.05) is 19.0 Å². The predicted molar refractivity (Wildman–Crippen MR) is 81.0 cm³/mol. The van der Waals surface area contributed by atoms with E-state index in [2.05, 4.69) is 22.1 Å². The van der Waals surface area contributed by atoms with Gasteiger partial charge in [0.1, 0.15) is 9.98 Å². The summed E-state index contributed by atoms with van der Waals surface area (Å²) in [5.74, 6) is 0.656. The molecule has 0 radical (unpaired) electrons. The summed E-state index contributed by atoms with van der Waals surface area (Å²) < 4.78 is 0. The second-order valence-corrected chi connectivity index (χ2v) is 5.55. The van der Waals surface area contributed by atoms with Gasteiger partial charge in [-0.3, -0.25) is 0 Å². The predicted octanol–water partition coefficient (Wildman–Crippen LogP) is 3.98. The molecule has 5 heteroatoms. The highest BCUT2D eigenvalue weighted by Gasteiger charge is 2.10. The molecule has 0 aliphatic heterocycles. The van der Waals surface area contributed by atoms with Crippen LogP contribution in [0.25, 0.3) is 10.2 Å². The van der Waals surface area contributed by atoms with Gasteiger partial charge in [0.2, 0.25) is 5.95 Å². The molecule has 0 unspecified atom stereocenters. The van der Waals surface area contributed by atoms with Crippen LogP contribution in [0.2, 0.25) is 5.15 Å². The van der Waals surface area contributed by atoms with E-state index >= 15 is 0 Å². The lowest BCUT2D eigenvalue weighted by atomic mass is 10.2. The molecule has 3 rings (SSSR count). The zero-order valence-electron chi connectivity index (χ0n) is 10.4. The quantitative estimate of drug-likeness (QED) is 0.683. The summed E-state index contributed by atoms with van der Waals surface area (Å²) >= 11 is 7.76. The number of rotatable bonds is 3. The fourth-order valence-corrected chi connectivity index (χ4v) is 2.95. The van der Waals surface area contributed by atoms with E-state index in [0.29, 0.717) is 11.1 Å². The highest BCUT2D eigenvalue weighted by Crippen LogP contribution is 2.27. The van der Waals surface area contributed by atoms with Gasteiger partial charge in [0.25, 0.3) is 0 Å². The van der Waals surface area contributed by atoms with Crippen LogP contribution in [0.5, 0.6) is 0 Å². The molecule has 3 nitrogen and oxygen atoms in total. The highest BCUT2D eigenvalue weighted by molar-refractivity contribution is 7.16. The average molecular weight is 290 g/mol. The number of fused-ring (bicyclic) bond motifs is 1. The topological polar surface area (TPSA) is 29.0 Å². The third kappa shape index (κ3) is 2.55. The van der Waals surface area contributed by atoms with Crippen LogP contribution in [-0.2, 0) is 6.54 Å². The van der Waals surface area contributed by atoms with Crippen molar-refractivity contribution in [2.75, 3.05) is 11.9 Å². The van der Waals surface area contributed by atoms with Gasteiger partial charge < -0.3 is 4.90 Å². The van der Waals surface area contributed by atoms with Crippen molar-refractivity contribution in [3.05, 3.63) is 52.5 Å². The van der Waals surface area contributed by atoms with Crippen molar-refractivity contribution in [2.24, 2.45) is 0 Å². The van der Waals surface area contributed by atoms with E-state index in [4.69, 9.17) is 11.6 Å². The number of thiophene rings is 1. The molecule has 0 fully saturated rings. The first-order valence-corrected chi connectivity index (χ1v) is 7.15. The lowest BCUT2D eigenvalue weighted by molar-refractivity contribution is 0.874. The number of benzene rings is 1. The molecule has 96 valence electrons. The second kappa shape index (κ2) is 5.15. The normalized spacial score (nSPS) is 10.8. The summed E-state index contributed by atoms with van der Waals surface area (Å²) in [6.07, 6.45) is 0. The lowest BCUT2D eigenvalue weighted by Crippen LogP contribution is -2.19. The Kier molecular flexibility index (Phi) is 3.36. The molecule has 0 bridgehead atoms. The molecule has 2 heterocycles. The minimum absolute atomic E-state index is 0.515. The summed E-state index contributed by atoms with van der Waals surface area (Å²) in [7, 11) is 1.97. The minimum Gasteiger partial charge on any atom is -0.339 e. The van der Waals surface area contributed by atoms with Crippen LogP contribution in [0.3, 0.4) is 0 Å². The summed E-state index contributed by atoms with van der Waals surface area (Å²) in [4.78, 5) is 11.8. The number of hydrogen-bond acceptors (Lipinski definition) is 4. The van der Waals surface area contributed by atoms with Gasteiger partial charge in [-0.1, -0.05) is 41.9 Å². The first-order chi connectivity index (χ1) is 9.24. The van der Waals surface area contributed by atoms with Crippen molar-refractivity contribution in [1.29, 1.82) is 0 Å². The van der Waals surface area contributed by atoms with E-state index in [1.165, 1.54) is 5.56 Å². The van der Waals surface area contributed by atoms with E-state index < -0.39 is 0 Å². The maximum absolute atomic E-state index is 6.18. The van der Waals surface area contributed by atoms with Crippen LogP contribution in [0, 0.1) is 0 Å². The summed E-state index contributed by atoms with van der Waals surface area (Å²) in [5, 5.41) is 3.41. The number of aromatic nitrogens is 2. The van der Waals surface area contributed by atoms with Crippen LogP contribution in [0.1, 0.15) is 5.56 Å². The molecule has 0 amide bonds. The lowest BCUT2D eigenvalue weighted by Gasteiger charge is -2.17. The molecule has 3 aromatic rings. The van der Waals surface area contributed by atoms with Gasteiger partial charge in [0.05, 0.1) is 0 Å². The molecular formula is C14H12ClN3S.